The maximum atomic E-state index is 9.71. The second-order valence-corrected chi connectivity index (χ2v) is 6.52. The van der Waals surface area contributed by atoms with Gasteiger partial charge in [-0.25, -0.2) is 0 Å². The Morgan fingerprint density at radius 1 is 1.28 bits per heavy atom. The fourth-order valence-electron chi connectivity index (χ4n) is 3.61. The molecule has 0 amide bonds. The third kappa shape index (κ3) is 4.22. The molecule has 0 unspecified atom stereocenters. The van der Waals surface area contributed by atoms with Gasteiger partial charge in [0.1, 0.15) is 0 Å². The van der Waals surface area contributed by atoms with Crippen molar-refractivity contribution < 1.29 is 9.84 Å². The van der Waals surface area contributed by atoms with E-state index in [0.29, 0.717) is 19.2 Å². The number of rotatable bonds is 8. The molecule has 0 radical (unpaired) electrons. The van der Waals surface area contributed by atoms with Crippen LogP contribution in [0.15, 0.2) is 0 Å². The van der Waals surface area contributed by atoms with E-state index in [2.05, 4.69) is 19.2 Å². The highest BCUT2D eigenvalue weighted by molar-refractivity contribution is 4.89. The van der Waals surface area contributed by atoms with Crippen LogP contribution in [0.5, 0.6) is 0 Å². The quantitative estimate of drug-likeness (QED) is 0.653. The Balaban J connectivity index is 1.48. The van der Waals surface area contributed by atoms with Crippen molar-refractivity contribution >= 4 is 0 Å². The third-order valence-corrected chi connectivity index (χ3v) is 4.59. The van der Waals surface area contributed by atoms with Crippen LogP contribution in [0.25, 0.3) is 0 Å². The maximum Gasteiger partial charge on any atom is 0.0897 e. The number of hydrogen-bond acceptors (Lipinski definition) is 3. The molecule has 2 aliphatic rings. The molecule has 18 heavy (non-hydrogen) atoms. The van der Waals surface area contributed by atoms with Crippen molar-refractivity contribution in [3.8, 4) is 0 Å². The Hall–Kier alpha value is -0.120. The molecule has 2 bridgehead atoms. The molecule has 2 N–H and O–H groups in total. The summed E-state index contributed by atoms with van der Waals surface area (Å²) >= 11 is 0. The summed E-state index contributed by atoms with van der Waals surface area (Å²) in [5.41, 5.74) is 0. The van der Waals surface area contributed by atoms with E-state index in [0.717, 1.165) is 24.4 Å². The summed E-state index contributed by atoms with van der Waals surface area (Å²) in [6.45, 7) is 6.10. The van der Waals surface area contributed by atoms with Crippen molar-refractivity contribution in [2.24, 2.45) is 17.8 Å². The highest BCUT2D eigenvalue weighted by atomic mass is 16.5. The van der Waals surface area contributed by atoms with E-state index >= 15 is 0 Å². The molecule has 0 heterocycles. The lowest BCUT2D eigenvalue weighted by Crippen LogP contribution is -2.34. The average Bonchev–Trinajstić information content (AvgIpc) is 2.94. The Morgan fingerprint density at radius 3 is 2.72 bits per heavy atom. The van der Waals surface area contributed by atoms with Crippen LogP contribution in [-0.4, -0.2) is 37.0 Å². The van der Waals surface area contributed by atoms with E-state index in [9.17, 15) is 5.11 Å². The van der Waals surface area contributed by atoms with Gasteiger partial charge in [-0.1, -0.05) is 20.3 Å². The van der Waals surface area contributed by atoms with Crippen LogP contribution in [0, 0.1) is 17.8 Å². The van der Waals surface area contributed by atoms with Gasteiger partial charge in [0.15, 0.2) is 0 Å². The molecule has 0 aliphatic heterocycles. The smallest absolute Gasteiger partial charge is 0.0897 e. The lowest BCUT2D eigenvalue weighted by Gasteiger charge is -2.21. The first-order chi connectivity index (χ1) is 8.65. The monoisotopic (exact) mass is 255 g/mol. The van der Waals surface area contributed by atoms with E-state index in [-0.39, 0.29) is 6.10 Å². The first-order valence-corrected chi connectivity index (χ1v) is 7.64. The lowest BCUT2D eigenvalue weighted by molar-refractivity contribution is 0.0283. The standard InChI is InChI=1S/C15H29NO2/c1-11(2)16-9-15(17)10-18-6-5-14-8-12-3-4-13(14)7-12/h11-17H,3-10H2,1-2H3/t12-,13-,14+,15-/m1/s1. The van der Waals surface area contributed by atoms with Crippen LogP contribution in [-0.2, 0) is 4.74 Å². The van der Waals surface area contributed by atoms with Crippen LogP contribution in [0.3, 0.4) is 0 Å². The second kappa shape index (κ2) is 6.88. The lowest BCUT2D eigenvalue weighted by atomic mass is 9.87. The van der Waals surface area contributed by atoms with Gasteiger partial charge in [0, 0.05) is 19.2 Å². The first kappa shape index (κ1) is 14.3. The van der Waals surface area contributed by atoms with E-state index in [1.165, 1.54) is 32.1 Å². The fraction of sp³-hybridized carbons (Fsp3) is 1.00. The van der Waals surface area contributed by atoms with E-state index in [4.69, 9.17) is 4.74 Å². The molecule has 0 aromatic rings. The summed E-state index contributed by atoms with van der Waals surface area (Å²) in [4.78, 5) is 0. The van der Waals surface area contributed by atoms with Crippen LogP contribution >= 0.6 is 0 Å². The predicted octanol–water partition coefficient (Wildman–Crippen LogP) is 2.19. The molecule has 2 aliphatic carbocycles. The van der Waals surface area contributed by atoms with E-state index in [1.54, 1.807) is 0 Å². The van der Waals surface area contributed by atoms with Crippen molar-refractivity contribution in [3.63, 3.8) is 0 Å². The highest BCUT2D eigenvalue weighted by Gasteiger charge is 2.38. The normalized spacial score (nSPS) is 32.3. The van der Waals surface area contributed by atoms with E-state index < -0.39 is 0 Å². The minimum atomic E-state index is -0.368. The zero-order valence-corrected chi connectivity index (χ0v) is 11.9. The molecule has 4 atom stereocenters. The van der Waals surface area contributed by atoms with Gasteiger partial charge in [0.25, 0.3) is 0 Å². The Labute approximate surface area is 111 Å². The molecule has 0 spiro atoms. The molecule has 2 rings (SSSR count). The summed E-state index contributed by atoms with van der Waals surface area (Å²) in [5, 5.41) is 12.9. The number of nitrogens with one attached hydrogen (secondary N) is 1. The van der Waals surface area contributed by atoms with Crippen molar-refractivity contribution in [3.05, 3.63) is 0 Å². The molecule has 0 aromatic carbocycles. The zero-order chi connectivity index (χ0) is 13.0. The van der Waals surface area contributed by atoms with Crippen molar-refractivity contribution in [2.45, 2.75) is 58.1 Å². The largest absolute Gasteiger partial charge is 0.389 e. The van der Waals surface area contributed by atoms with Crippen molar-refractivity contribution in [2.75, 3.05) is 19.8 Å². The van der Waals surface area contributed by atoms with Crippen molar-refractivity contribution in [1.29, 1.82) is 0 Å². The molecule has 2 fully saturated rings. The summed E-state index contributed by atoms with van der Waals surface area (Å²) in [5.74, 6) is 2.93. The van der Waals surface area contributed by atoms with Gasteiger partial charge in [0.05, 0.1) is 12.7 Å². The molecule has 0 saturated heterocycles. The van der Waals surface area contributed by atoms with Crippen LogP contribution in [0.2, 0.25) is 0 Å². The van der Waals surface area contributed by atoms with Crippen molar-refractivity contribution in [1.82, 2.24) is 5.32 Å². The molecule has 2 saturated carbocycles. The summed E-state index contributed by atoms with van der Waals surface area (Å²) in [6, 6.07) is 0.425. The van der Waals surface area contributed by atoms with Gasteiger partial charge >= 0.3 is 0 Å². The number of aliphatic hydroxyl groups excluding tert-OH is 1. The van der Waals surface area contributed by atoms with Gasteiger partial charge in [-0.15, -0.1) is 0 Å². The topological polar surface area (TPSA) is 41.5 Å². The van der Waals surface area contributed by atoms with Gasteiger partial charge in [-0.3, -0.25) is 0 Å². The number of fused-ring (bicyclic) bond motifs is 2. The SMILES string of the molecule is CC(C)NC[C@@H](O)COCC[C@H]1C[C@@H]2CC[C@@H]1C2. The summed E-state index contributed by atoms with van der Waals surface area (Å²) < 4.78 is 5.61. The zero-order valence-electron chi connectivity index (χ0n) is 11.9. The second-order valence-electron chi connectivity index (χ2n) is 6.52. The first-order valence-electron chi connectivity index (χ1n) is 7.64. The fourth-order valence-corrected chi connectivity index (χ4v) is 3.61. The molecular formula is C15H29NO2. The number of aliphatic hydroxyl groups is 1. The molecule has 3 nitrogen and oxygen atoms in total. The number of hydrogen-bond donors (Lipinski definition) is 2. The Morgan fingerprint density at radius 2 is 2.11 bits per heavy atom. The molecule has 0 aromatic heterocycles. The third-order valence-electron chi connectivity index (χ3n) is 4.59. The predicted molar refractivity (Wildman–Crippen MR) is 73.5 cm³/mol. The minimum Gasteiger partial charge on any atom is -0.389 e. The average molecular weight is 255 g/mol. The van der Waals surface area contributed by atoms with Gasteiger partial charge < -0.3 is 15.2 Å². The Bertz CT molecular complexity index is 245. The Kier molecular flexibility index (Phi) is 5.46. The summed E-state index contributed by atoms with van der Waals surface area (Å²) in [6.07, 6.45) is 6.67. The highest BCUT2D eigenvalue weighted by Crippen LogP contribution is 2.49. The van der Waals surface area contributed by atoms with Gasteiger partial charge in [-0.2, -0.15) is 0 Å². The number of ether oxygens (including phenoxy) is 1. The van der Waals surface area contributed by atoms with E-state index in [1.807, 2.05) is 0 Å². The minimum absolute atomic E-state index is 0.368. The van der Waals surface area contributed by atoms with Crippen LogP contribution in [0.1, 0.15) is 46.0 Å². The van der Waals surface area contributed by atoms with Gasteiger partial charge in [-0.05, 0) is 43.4 Å². The van der Waals surface area contributed by atoms with Crippen LogP contribution in [0.4, 0.5) is 0 Å². The maximum absolute atomic E-state index is 9.71. The van der Waals surface area contributed by atoms with Crippen LogP contribution < -0.4 is 5.32 Å². The summed E-state index contributed by atoms with van der Waals surface area (Å²) in [7, 11) is 0. The van der Waals surface area contributed by atoms with Gasteiger partial charge in [0.2, 0.25) is 0 Å². The molecule has 106 valence electrons. The molecule has 3 heteroatoms. The molecular weight excluding hydrogens is 226 g/mol.